The lowest BCUT2D eigenvalue weighted by Crippen LogP contribution is -2.26. The van der Waals surface area contributed by atoms with E-state index in [0.29, 0.717) is 6.10 Å². The summed E-state index contributed by atoms with van der Waals surface area (Å²) in [6.45, 7) is 6.17. The lowest BCUT2D eigenvalue weighted by molar-refractivity contribution is -0.0211. The van der Waals surface area contributed by atoms with E-state index in [1.165, 1.54) is 37.0 Å². The molecule has 2 atom stereocenters. The van der Waals surface area contributed by atoms with Gasteiger partial charge in [0.1, 0.15) is 0 Å². The van der Waals surface area contributed by atoms with E-state index in [4.69, 9.17) is 4.74 Å². The molecule has 1 saturated carbocycles. The van der Waals surface area contributed by atoms with Gasteiger partial charge in [-0.25, -0.2) is 4.98 Å². The predicted molar refractivity (Wildman–Crippen MR) is 81.7 cm³/mol. The Balaban J connectivity index is 1.79. The SMILES string of the molecule is CCCNc1ncc(COC2CCCCC2CC)s1. The molecule has 108 valence electrons. The van der Waals surface area contributed by atoms with Gasteiger partial charge in [-0.2, -0.15) is 0 Å². The van der Waals surface area contributed by atoms with Crippen molar-refractivity contribution in [2.24, 2.45) is 5.92 Å². The number of thiazole rings is 1. The van der Waals surface area contributed by atoms with Crippen LogP contribution in [0.5, 0.6) is 0 Å². The number of aromatic nitrogens is 1. The second-order valence-corrected chi connectivity index (χ2v) is 6.48. The molecule has 3 nitrogen and oxygen atoms in total. The molecule has 0 amide bonds. The summed E-state index contributed by atoms with van der Waals surface area (Å²) >= 11 is 1.72. The average molecular weight is 282 g/mol. The molecule has 1 heterocycles. The van der Waals surface area contributed by atoms with Crippen molar-refractivity contribution in [1.29, 1.82) is 0 Å². The van der Waals surface area contributed by atoms with Crippen LogP contribution in [0, 0.1) is 5.92 Å². The van der Waals surface area contributed by atoms with Crippen LogP contribution in [0.15, 0.2) is 6.20 Å². The topological polar surface area (TPSA) is 34.2 Å². The first-order valence-corrected chi connectivity index (χ1v) is 8.45. The fraction of sp³-hybridized carbons (Fsp3) is 0.800. The van der Waals surface area contributed by atoms with Crippen molar-refractivity contribution in [3.05, 3.63) is 11.1 Å². The molecule has 0 bridgehead atoms. The quantitative estimate of drug-likeness (QED) is 0.802. The Morgan fingerprint density at radius 1 is 1.37 bits per heavy atom. The predicted octanol–water partition coefficient (Wildman–Crippen LogP) is 4.45. The molecular formula is C15H26N2OS. The zero-order valence-electron chi connectivity index (χ0n) is 12.2. The van der Waals surface area contributed by atoms with Gasteiger partial charge < -0.3 is 10.1 Å². The summed E-state index contributed by atoms with van der Waals surface area (Å²) in [5.41, 5.74) is 0. The maximum atomic E-state index is 6.13. The molecule has 1 aliphatic carbocycles. The highest BCUT2D eigenvalue weighted by molar-refractivity contribution is 7.15. The average Bonchev–Trinajstić information content (AvgIpc) is 2.91. The van der Waals surface area contributed by atoms with Crippen molar-refractivity contribution in [3.8, 4) is 0 Å². The molecule has 1 N–H and O–H groups in total. The molecule has 2 unspecified atom stereocenters. The fourth-order valence-corrected chi connectivity index (χ4v) is 3.50. The van der Waals surface area contributed by atoms with Crippen LogP contribution >= 0.6 is 11.3 Å². The second kappa shape index (κ2) is 7.85. The molecule has 0 aliphatic heterocycles. The molecule has 0 saturated heterocycles. The summed E-state index contributed by atoms with van der Waals surface area (Å²) in [6, 6.07) is 0. The second-order valence-electron chi connectivity index (χ2n) is 5.36. The van der Waals surface area contributed by atoms with E-state index in [9.17, 15) is 0 Å². The molecule has 1 fully saturated rings. The number of hydrogen-bond donors (Lipinski definition) is 1. The fourth-order valence-electron chi connectivity index (χ4n) is 2.74. The first-order chi connectivity index (χ1) is 9.33. The molecule has 2 rings (SSSR count). The summed E-state index contributed by atoms with van der Waals surface area (Å²) in [7, 11) is 0. The van der Waals surface area contributed by atoms with Crippen molar-refractivity contribution >= 4 is 16.5 Å². The summed E-state index contributed by atoms with van der Waals surface area (Å²) < 4.78 is 6.13. The number of nitrogens with zero attached hydrogens (tertiary/aromatic N) is 1. The van der Waals surface area contributed by atoms with Gasteiger partial charge in [-0.1, -0.05) is 44.4 Å². The van der Waals surface area contributed by atoms with E-state index in [1.54, 1.807) is 11.3 Å². The Morgan fingerprint density at radius 2 is 2.21 bits per heavy atom. The largest absolute Gasteiger partial charge is 0.372 e. The molecule has 1 aliphatic rings. The van der Waals surface area contributed by atoms with Gasteiger partial charge in [0.05, 0.1) is 17.6 Å². The van der Waals surface area contributed by atoms with Crippen LogP contribution in [0.4, 0.5) is 5.13 Å². The van der Waals surface area contributed by atoms with E-state index in [-0.39, 0.29) is 0 Å². The molecule has 0 spiro atoms. The maximum absolute atomic E-state index is 6.13. The molecule has 1 aromatic heterocycles. The third-order valence-corrected chi connectivity index (χ3v) is 4.81. The molecule has 1 aromatic rings. The third kappa shape index (κ3) is 4.46. The molecule has 0 radical (unpaired) electrons. The van der Waals surface area contributed by atoms with Gasteiger partial charge >= 0.3 is 0 Å². The number of hydrogen-bond acceptors (Lipinski definition) is 4. The van der Waals surface area contributed by atoms with Crippen LogP contribution in [0.2, 0.25) is 0 Å². The van der Waals surface area contributed by atoms with Crippen molar-refractivity contribution in [2.45, 2.75) is 65.1 Å². The monoisotopic (exact) mass is 282 g/mol. The minimum absolute atomic E-state index is 0.466. The number of anilines is 1. The molecule has 0 aromatic carbocycles. The Labute approximate surface area is 120 Å². The van der Waals surface area contributed by atoms with E-state index in [2.05, 4.69) is 24.1 Å². The highest BCUT2D eigenvalue weighted by atomic mass is 32.1. The number of nitrogens with one attached hydrogen (secondary N) is 1. The zero-order valence-corrected chi connectivity index (χ0v) is 13.0. The molecule has 19 heavy (non-hydrogen) atoms. The highest BCUT2D eigenvalue weighted by Crippen LogP contribution is 2.30. The van der Waals surface area contributed by atoms with Gasteiger partial charge in [-0.3, -0.25) is 0 Å². The number of ether oxygens (including phenoxy) is 1. The lowest BCUT2D eigenvalue weighted by atomic mass is 9.85. The Kier molecular flexibility index (Phi) is 6.11. The van der Waals surface area contributed by atoms with E-state index < -0.39 is 0 Å². The Bertz CT molecular complexity index is 367. The summed E-state index contributed by atoms with van der Waals surface area (Å²) in [5.74, 6) is 0.763. The Hall–Kier alpha value is -0.610. The van der Waals surface area contributed by atoms with Gasteiger partial charge in [0.15, 0.2) is 5.13 Å². The van der Waals surface area contributed by atoms with E-state index in [0.717, 1.165) is 30.6 Å². The highest BCUT2D eigenvalue weighted by Gasteiger charge is 2.24. The van der Waals surface area contributed by atoms with Crippen LogP contribution in [0.1, 0.15) is 57.2 Å². The summed E-state index contributed by atoms with van der Waals surface area (Å²) in [5, 5.41) is 4.35. The zero-order chi connectivity index (χ0) is 13.5. The number of rotatable bonds is 7. The van der Waals surface area contributed by atoms with Gasteiger partial charge in [0.25, 0.3) is 0 Å². The summed E-state index contributed by atoms with van der Waals surface area (Å²) in [4.78, 5) is 5.62. The van der Waals surface area contributed by atoms with Crippen molar-refractivity contribution in [3.63, 3.8) is 0 Å². The maximum Gasteiger partial charge on any atom is 0.182 e. The van der Waals surface area contributed by atoms with Crippen molar-refractivity contribution in [1.82, 2.24) is 4.98 Å². The standard InChI is InChI=1S/C15H26N2OS/c1-3-9-16-15-17-10-13(19-15)11-18-14-8-6-5-7-12(14)4-2/h10,12,14H,3-9,11H2,1-2H3,(H,16,17). The van der Waals surface area contributed by atoms with Crippen LogP contribution in [0.25, 0.3) is 0 Å². The minimum atomic E-state index is 0.466. The first kappa shape index (κ1) is 14.8. The van der Waals surface area contributed by atoms with Crippen LogP contribution in [0.3, 0.4) is 0 Å². The minimum Gasteiger partial charge on any atom is -0.372 e. The van der Waals surface area contributed by atoms with E-state index >= 15 is 0 Å². The summed E-state index contributed by atoms with van der Waals surface area (Å²) in [6.07, 6.45) is 10.1. The molecule has 4 heteroatoms. The van der Waals surface area contributed by atoms with Crippen LogP contribution in [-0.4, -0.2) is 17.6 Å². The van der Waals surface area contributed by atoms with Gasteiger partial charge in [0, 0.05) is 12.7 Å². The van der Waals surface area contributed by atoms with E-state index in [1.807, 2.05) is 6.20 Å². The first-order valence-electron chi connectivity index (χ1n) is 7.63. The van der Waals surface area contributed by atoms with Gasteiger partial charge in [-0.05, 0) is 25.2 Å². The lowest BCUT2D eigenvalue weighted by Gasteiger charge is -2.30. The van der Waals surface area contributed by atoms with Crippen LogP contribution in [-0.2, 0) is 11.3 Å². The molecular weight excluding hydrogens is 256 g/mol. The van der Waals surface area contributed by atoms with Crippen molar-refractivity contribution < 1.29 is 4.74 Å². The smallest absolute Gasteiger partial charge is 0.182 e. The van der Waals surface area contributed by atoms with Crippen molar-refractivity contribution in [2.75, 3.05) is 11.9 Å². The van der Waals surface area contributed by atoms with Gasteiger partial charge in [0.2, 0.25) is 0 Å². The third-order valence-electron chi connectivity index (χ3n) is 3.88. The van der Waals surface area contributed by atoms with Crippen LogP contribution < -0.4 is 5.32 Å². The normalized spacial score (nSPS) is 23.5. The Morgan fingerprint density at radius 3 is 3.00 bits per heavy atom. The van der Waals surface area contributed by atoms with Gasteiger partial charge in [-0.15, -0.1) is 0 Å².